The number of rotatable bonds is 4. The SMILES string of the molecule is CCn1cncc1CNC(=O)[C@H]1Cc2ccccc2C(=O)N1. The van der Waals surface area contributed by atoms with Gasteiger partial charge in [0.2, 0.25) is 5.91 Å². The van der Waals surface area contributed by atoms with Crippen molar-refractivity contribution in [2.45, 2.75) is 32.5 Å². The van der Waals surface area contributed by atoms with Gasteiger partial charge in [0.25, 0.3) is 5.91 Å². The topological polar surface area (TPSA) is 76.0 Å². The molecule has 3 rings (SSSR count). The molecule has 0 saturated heterocycles. The van der Waals surface area contributed by atoms with Crippen molar-refractivity contribution in [3.05, 3.63) is 53.6 Å². The highest BCUT2D eigenvalue weighted by Crippen LogP contribution is 2.16. The molecule has 0 bridgehead atoms. The molecule has 0 fully saturated rings. The third-order valence-electron chi connectivity index (χ3n) is 3.89. The molecule has 1 aliphatic heterocycles. The number of fused-ring (bicyclic) bond motifs is 1. The lowest BCUT2D eigenvalue weighted by molar-refractivity contribution is -0.123. The van der Waals surface area contributed by atoms with Crippen LogP contribution in [0.1, 0.15) is 28.5 Å². The molecule has 0 spiro atoms. The molecule has 22 heavy (non-hydrogen) atoms. The van der Waals surface area contributed by atoms with E-state index in [4.69, 9.17) is 0 Å². The van der Waals surface area contributed by atoms with Crippen LogP contribution in [0.3, 0.4) is 0 Å². The van der Waals surface area contributed by atoms with Crippen LogP contribution >= 0.6 is 0 Å². The number of imidazole rings is 1. The van der Waals surface area contributed by atoms with E-state index in [1.807, 2.05) is 29.7 Å². The minimum Gasteiger partial charge on any atom is -0.349 e. The first-order valence-corrected chi connectivity index (χ1v) is 7.34. The molecule has 6 nitrogen and oxygen atoms in total. The van der Waals surface area contributed by atoms with Crippen molar-refractivity contribution in [3.63, 3.8) is 0 Å². The van der Waals surface area contributed by atoms with Gasteiger partial charge in [0.05, 0.1) is 18.6 Å². The standard InChI is InChI=1S/C16H18N4O2/c1-2-20-10-17-8-12(20)9-18-16(22)14-7-11-5-3-4-6-13(11)15(21)19-14/h3-6,8,10,14H,2,7,9H2,1H3,(H,18,22)(H,19,21)/t14-/m1/s1. The molecular weight excluding hydrogens is 280 g/mol. The van der Waals surface area contributed by atoms with E-state index in [9.17, 15) is 9.59 Å². The average molecular weight is 298 g/mol. The van der Waals surface area contributed by atoms with Gasteiger partial charge in [-0.15, -0.1) is 0 Å². The summed E-state index contributed by atoms with van der Waals surface area (Å²) < 4.78 is 1.97. The lowest BCUT2D eigenvalue weighted by atomic mass is 9.95. The van der Waals surface area contributed by atoms with E-state index in [2.05, 4.69) is 15.6 Å². The van der Waals surface area contributed by atoms with E-state index in [-0.39, 0.29) is 11.8 Å². The van der Waals surface area contributed by atoms with Gasteiger partial charge in [-0.3, -0.25) is 9.59 Å². The number of nitrogens with one attached hydrogen (secondary N) is 2. The number of aryl methyl sites for hydroxylation is 1. The van der Waals surface area contributed by atoms with Crippen LogP contribution in [0.4, 0.5) is 0 Å². The minimum atomic E-state index is -0.527. The second-order valence-electron chi connectivity index (χ2n) is 5.28. The van der Waals surface area contributed by atoms with E-state index in [1.54, 1.807) is 18.6 Å². The Labute approximate surface area is 128 Å². The maximum atomic E-state index is 12.3. The molecule has 0 saturated carbocycles. The monoisotopic (exact) mass is 298 g/mol. The highest BCUT2D eigenvalue weighted by molar-refractivity contribution is 6.00. The fraction of sp³-hybridized carbons (Fsp3) is 0.312. The number of aromatic nitrogens is 2. The number of benzene rings is 1. The highest BCUT2D eigenvalue weighted by atomic mass is 16.2. The zero-order valence-corrected chi connectivity index (χ0v) is 12.4. The molecule has 1 aromatic heterocycles. The van der Waals surface area contributed by atoms with E-state index in [1.165, 1.54) is 0 Å². The van der Waals surface area contributed by atoms with Crippen LogP contribution in [0.5, 0.6) is 0 Å². The molecule has 1 aromatic carbocycles. The van der Waals surface area contributed by atoms with Gasteiger partial charge in [-0.25, -0.2) is 4.98 Å². The summed E-state index contributed by atoms with van der Waals surface area (Å²) in [6.07, 6.45) is 3.99. The third kappa shape index (κ3) is 2.72. The predicted molar refractivity (Wildman–Crippen MR) is 81.1 cm³/mol. The molecule has 0 unspecified atom stereocenters. The fourth-order valence-electron chi connectivity index (χ4n) is 2.67. The maximum Gasteiger partial charge on any atom is 0.252 e. The number of carbonyl (C=O) groups is 2. The predicted octanol–water partition coefficient (Wildman–Crippen LogP) is 0.874. The molecule has 2 N–H and O–H groups in total. The van der Waals surface area contributed by atoms with Gasteiger partial charge < -0.3 is 15.2 Å². The van der Waals surface area contributed by atoms with Crippen molar-refractivity contribution in [3.8, 4) is 0 Å². The Balaban J connectivity index is 1.65. The summed E-state index contributed by atoms with van der Waals surface area (Å²) in [5.41, 5.74) is 2.50. The Morgan fingerprint density at radius 3 is 3.09 bits per heavy atom. The van der Waals surface area contributed by atoms with Crippen LogP contribution < -0.4 is 10.6 Å². The highest BCUT2D eigenvalue weighted by Gasteiger charge is 2.28. The minimum absolute atomic E-state index is 0.174. The van der Waals surface area contributed by atoms with Crippen molar-refractivity contribution in [1.82, 2.24) is 20.2 Å². The summed E-state index contributed by atoms with van der Waals surface area (Å²) >= 11 is 0. The summed E-state index contributed by atoms with van der Waals surface area (Å²) in [6.45, 7) is 3.23. The van der Waals surface area contributed by atoms with E-state index >= 15 is 0 Å². The van der Waals surface area contributed by atoms with Crippen LogP contribution in [0.15, 0.2) is 36.8 Å². The first-order chi connectivity index (χ1) is 10.7. The molecular formula is C16H18N4O2. The van der Waals surface area contributed by atoms with Crippen LogP contribution in [-0.4, -0.2) is 27.4 Å². The Hall–Kier alpha value is -2.63. The van der Waals surface area contributed by atoms with Crippen molar-refractivity contribution in [1.29, 1.82) is 0 Å². The third-order valence-corrected chi connectivity index (χ3v) is 3.89. The molecule has 0 aliphatic carbocycles. The van der Waals surface area contributed by atoms with Crippen molar-refractivity contribution in [2.24, 2.45) is 0 Å². The summed E-state index contributed by atoms with van der Waals surface area (Å²) in [7, 11) is 0. The molecule has 6 heteroatoms. The summed E-state index contributed by atoms with van der Waals surface area (Å²) in [5.74, 6) is -0.368. The number of carbonyl (C=O) groups excluding carboxylic acids is 2. The summed E-state index contributed by atoms with van der Waals surface area (Å²) in [5, 5.41) is 5.62. The van der Waals surface area contributed by atoms with Gasteiger partial charge in [0, 0.05) is 24.7 Å². The Morgan fingerprint density at radius 2 is 2.27 bits per heavy atom. The molecule has 1 atom stereocenters. The Morgan fingerprint density at radius 1 is 1.45 bits per heavy atom. The van der Waals surface area contributed by atoms with Gasteiger partial charge in [-0.1, -0.05) is 18.2 Å². The second kappa shape index (κ2) is 6.01. The van der Waals surface area contributed by atoms with E-state index in [0.717, 1.165) is 17.8 Å². The molecule has 1 aliphatic rings. The van der Waals surface area contributed by atoms with Crippen molar-refractivity contribution in [2.75, 3.05) is 0 Å². The molecule has 2 heterocycles. The van der Waals surface area contributed by atoms with E-state index in [0.29, 0.717) is 18.5 Å². The normalized spacial score (nSPS) is 16.8. The second-order valence-corrected chi connectivity index (χ2v) is 5.28. The van der Waals surface area contributed by atoms with Crippen molar-refractivity contribution < 1.29 is 9.59 Å². The van der Waals surface area contributed by atoms with Crippen molar-refractivity contribution >= 4 is 11.8 Å². The number of nitrogens with zero attached hydrogens (tertiary/aromatic N) is 2. The molecule has 114 valence electrons. The van der Waals surface area contributed by atoms with Gasteiger partial charge in [-0.05, 0) is 18.6 Å². The average Bonchev–Trinajstić information content (AvgIpc) is 3.00. The smallest absolute Gasteiger partial charge is 0.252 e. The van der Waals surface area contributed by atoms with Gasteiger partial charge >= 0.3 is 0 Å². The fourth-order valence-corrected chi connectivity index (χ4v) is 2.67. The first kappa shape index (κ1) is 14.3. The Bertz CT molecular complexity index is 708. The number of amides is 2. The zero-order valence-electron chi connectivity index (χ0n) is 12.4. The van der Waals surface area contributed by atoms with E-state index < -0.39 is 6.04 Å². The quantitative estimate of drug-likeness (QED) is 0.879. The van der Waals surface area contributed by atoms with Crippen LogP contribution in [0, 0.1) is 0 Å². The van der Waals surface area contributed by atoms with Gasteiger partial charge in [-0.2, -0.15) is 0 Å². The van der Waals surface area contributed by atoms with Crippen LogP contribution in [0.2, 0.25) is 0 Å². The molecule has 2 amide bonds. The van der Waals surface area contributed by atoms with Gasteiger partial charge in [0.15, 0.2) is 0 Å². The summed E-state index contributed by atoms with van der Waals surface area (Å²) in [6, 6.07) is 6.84. The first-order valence-electron chi connectivity index (χ1n) is 7.34. The zero-order chi connectivity index (χ0) is 15.5. The van der Waals surface area contributed by atoms with Crippen LogP contribution in [-0.2, 0) is 24.3 Å². The van der Waals surface area contributed by atoms with Gasteiger partial charge in [0.1, 0.15) is 6.04 Å². The summed E-state index contributed by atoms with van der Waals surface area (Å²) in [4.78, 5) is 28.4. The maximum absolute atomic E-state index is 12.3. The lowest BCUT2D eigenvalue weighted by Gasteiger charge is -2.24. The number of hydrogen-bond acceptors (Lipinski definition) is 3. The lowest BCUT2D eigenvalue weighted by Crippen LogP contribution is -2.50. The molecule has 2 aromatic rings. The van der Waals surface area contributed by atoms with Crippen LogP contribution in [0.25, 0.3) is 0 Å². The molecule has 0 radical (unpaired) electrons. The Kier molecular flexibility index (Phi) is 3.91. The largest absolute Gasteiger partial charge is 0.349 e. The number of hydrogen-bond donors (Lipinski definition) is 2.